The van der Waals surface area contributed by atoms with Gasteiger partial charge < -0.3 is 5.32 Å². The summed E-state index contributed by atoms with van der Waals surface area (Å²) < 4.78 is 0. The molecular weight excluding hydrogens is 262 g/mol. The lowest BCUT2D eigenvalue weighted by atomic mass is 10.00. The summed E-state index contributed by atoms with van der Waals surface area (Å²) in [6.45, 7) is 5.67. The van der Waals surface area contributed by atoms with Crippen molar-refractivity contribution in [2.75, 3.05) is 12.3 Å². The van der Waals surface area contributed by atoms with Gasteiger partial charge in [-0.25, -0.2) is 0 Å². The highest BCUT2D eigenvalue weighted by Gasteiger charge is 2.21. The summed E-state index contributed by atoms with van der Waals surface area (Å²) in [5.74, 6) is 2.00. The van der Waals surface area contributed by atoms with Crippen molar-refractivity contribution in [1.29, 1.82) is 0 Å². The molecule has 1 N–H and O–H groups in total. The van der Waals surface area contributed by atoms with Crippen LogP contribution in [-0.4, -0.2) is 12.3 Å². The molecule has 1 nitrogen and oxygen atoms in total. The van der Waals surface area contributed by atoms with Gasteiger partial charge in [-0.1, -0.05) is 38.3 Å². The minimum atomic E-state index is 0.487. The number of thioether (sulfide) groups is 1. The summed E-state index contributed by atoms with van der Waals surface area (Å²) in [5.41, 5.74) is 1.39. The van der Waals surface area contributed by atoms with Crippen molar-refractivity contribution >= 4 is 23.4 Å². The second kappa shape index (κ2) is 6.83. The molecule has 3 heteroatoms. The van der Waals surface area contributed by atoms with Crippen LogP contribution in [0.25, 0.3) is 0 Å². The quantitative estimate of drug-likeness (QED) is 0.825. The largest absolute Gasteiger partial charge is 0.310 e. The molecule has 100 valence electrons. The van der Waals surface area contributed by atoms with Crippen LogP contribution in [0.15, 0.2) is 23.1 Å². The fourth-order valence-electron chi connectivity index (χ4n) is 2.46. The van der Waals surface area contributed by atoms with E-state index in [0.29, 0.717) is 6.04 Å². The maximum atomic E-state index is 6.12. The Bertz CT molecular complexity index is 390. The van der Waals surface area contributed by atoms with Gasteiger partial charge in [0.2, 0.25) is 0 Å². The zero-order valence-electron chi connectivity index (χ0n) is 11.2. The number of hydrogen-bond donors (Lipinski definition) is 1. The lowest BCUT2D eigenvalue weighted by Gasteiger charge is -2.27. The van der Waals surface area contributed by atoms with Crippen molar-refractivity contribution in [3.63, 3.8) is 0 Å². The van der Waals surface area contributed by atoms with Gasteiger partial charge in [0.05, 0.1) is 0 Å². The molecule has 0 bridgehead atoms. The van der Waals surface area contributed by atoms with E-state index in [1.54, 1.807) is 0 Å². The van der Waals surface area contributed by atoms with Crippen LogP contribution < -0.4 is 5.32 Å². The van der Waals surface area contributed by atoms with Crippen LogP contribution in [-0.2, 0) is 0 Å². The Morgan fingerprint density at radius 3 is 2.89 bits per heavy atom. The first-order valence-electron chi connectivity index (χ1n) is 6.90. The highest BCUT2D eigenvalue weighted by molar-refractivity contribution is 7.99. The van der Waals surface area contributed by atoms with Gasteiger partial charge in [0.15, 0.2) is 0 Å². The molecule has 0 amide bonds. The van der Waals surface area contributed by atoms with Crippen LogP contribution in [0, 0.1) is 5.92 Å². The average molecular weight is 284 g/mol. The number of nitrogens with one attached hydrogen (secondary N) is 1. The summed E-state index contributed by atoms with van der Waals surface area (Å²) >= 11 is 8.07. The molecule has 1 unspecified atom stereocenters. The van der Waals surface area contributed by atoms with Gasteiger partial charge >= 0.3 is 0 Å². The molecule has 18 heavy (non-hydrogen) atoms. The topological polar surface area (TPSA) is 12.0 Å². The maximum absolute atomic E-state index is 6.12. The van der Waals surface area contributed by atoms with Crippen LogP contribution in [0.5, 0.6) is 0 Å². The number of halogens is 1. The van der Waals surface area contributed by atoms with Crippen molar-refractivity contribution in [2.45, 2.75) is 44.0 Å². The first kappa shape index (κ1) is 14.2. The third-order valence-electron chi connectivity index (χ3n) is 3.82. The Balaban J connectivity index is 2.05. The van der Waals surface area contributed by atoms with Crippen LogP contribution in [0.1, 0.15) is 44.7 Å². The Labute approximate surface area is 120 Å². The van der Waals surface area contributed by atoms with Crippen molar-refractivity contribution in [1.82, 2.24) is 5.32 Å². The second-order valence-corrected chi connectivity index (χ2v) is 6.54. The van der Waals surface area contributed by atoms with Crippen molar-refractivity contribution in [2.24, 2.45) is 5.92 Å². The molecule has 1 aromatic rings. The monoisotopic (exact) mass is 283 g/mol. The molecule has 1 heterocycles. The zero-order valence-corrected chi connectivity index (χ0v) is 12.8. The van der Waals surface area contributed by atoms with E-state index < -0.39 is 0 Å². The Morgan fingerprint density at radius 2 is 2.17 bits per heavy atom. The molecular formula is C15H22ClNS. The molecule has 0 aromatic heterocycles. The number of benzene rings is 1. The van der Waals surface area contributed by atoms with Gasteiger partial charge in [0.1, 0.15) is 0 Å². The Kier molecular flexibility index (Phi) is 5.40. The molecule has 0 fully saturated rings. The molecule has 1 aliphatic heterocycles. The van der Waals surface area contributed by atoms with Gasteiger partial charge in [-0.05, 0) is 48.4 Å². The fraction of sp³-hybridized carbons (Fsp3) is 0.600. The minimum absolute atomic E-state index is 0.487. The molecule has 1 aromatic carbocycles. The van der Waals surface area contributed by atoms with Gasteiger partial charge in [0.25, 0.3) is 0 Å². The molecule has 0 saturated carbocycles. The predicted molar refractivity (Wildman–Crippen MR) is 81.6 cm³/mol. The van der Waals surface area contributed by atoms with E-state index in [2.05, 4.69) is 31.3 Å². The number of hydrogen-bond acceptors (Lipinski definition) is 2. The van der Waals surface area contributed by atoms with Crippen molar-refractivity contribution in [3.8, 4) is 0 Å². The highest BCUT2D eigenvalue weighted by Crippen LogP contribution is 2.37. The summed E-state index contributed by atoms with van der Waals surface area (Å²) in [6, 6.07) is 6.78. The van der Waals surface area contributed by atoms with Crippen molar-refractivity contribution in [3.05, 3.63) is 28.8 Å². The van der Waals surface area contributed by atoms with Crippen LogP contribution in [0.2, 0.25) is 5.02 Å². The van der Waals surface area contributed by atoms with Crippen LogP contribution >= 0.6 is 23.4 Å². The first-order valence-corrected chi connectivity index (χ1v) is 8.26. The Hall–Kier alpha value is -0.180. The third-order valence-corrected chi connectivity index (χ3v) is 5.18. The molecule has 0 spiro atoms. The highest BCUT2D eigenvalue weighted by atomic mass is 35.5. The molecule has 1 aliphatic rings. The van der Waals surface area contributed by atoms with Gasteiger partial charge in [-0.2, -0.15) is 0 Å². The molecule has 1 atom stereocenters. The van der Waals surface area contributed by atoms with Crippen LogP contribution in [0.3, 0.4) is 0 Å². The maximum Gasteiger partial charge on any atom is 0.0410 e. The third kappa shape index (κ3) is 3.43. The van der Waals surface area contributed by atoms with E-state index in [4.69, 9.17) is 11.6 Å². The van der Waals surface area contributed by atoms with E-state index in [1.807, 2.05) is 17.8 Å². The SMILES string of the molecule is CCC(CC)CNC1CCSc2ccc(Cl)cc21. The van der Waals surface area contributed by atoms with E-state index in [0.717, 1.165) is 17.5 Å². The summed E-state index contributed by atoms with van der Waals surface area (Å²) in [6.07, 6.45) is 3.72. The number of rotatable bonds is 5. The fourth-order valence-corrected chi connectivity index (χ4v) is 3.75. The predicted octanol–water partition coefficient (Wildman–Crippen LogP) is 4.90. The lowest BCUT2D eigenvalue weighted by Crippen LogP contribution is -2.29. The van der Waals surface area contributed by atoms with Gasteiger partial charge in [0, 0.05) is 16.0 Å². The van der Waals surface area contributed by atoms with E-state index in [1.165, 1.54) is 35.5 Å². The zero-order chi connectivity index (χ0) is 13.0. The number of fused-ring (bicyclic) bond motifs is 1. The molecule has 0 saturated heterocycles. The molecule has 2 rings (SSSR count). The summed E-state index contributed by atoms with van der Waals surface area (Å²) in [4.78, 5) is 1.40. The van der Waals surface area contributed by atoms with Gasteiger partial charge in [-0.15, -0.1) is 11.8 Å². The van der Waals surface area contributed by atoms with Crippen LogP contribution in [0.4, 0.5) is 0 Å². The van der Waals surface area contributed by atoms with E-state index >= 15 is 0 Å². The Morgan fingerprint density at radius 1 is 1.39 bits per heavy atom. The molecule has 0 aliphatic carbocycles. The standard InChI is InChI=1S/C15H22ClNS/c1-3-11(4-2)10-17-14-7-8-18-15-6-5-12(16)9-13(14)15/h5-6,9,11,14,17H,3-4,7-8,10H2,1-2H3. The smallest absolute Gasteiger partial charge is 0.0410 e. The average Bonchev–Trinajstić information content (AvgIpc) is 2.40. The van der Waals surface area contributed by atoms with Gasteiger partial charge in [-0.3, -0.25) is 0 Å². The normalized spacial score (nSPS) is 19.0. The van der Waals surface area contributed by atoms with Crippen molar-refractivity contribution < 1.29 is 0 Å². The second-order valence-electron chi connectivity index (χ2n) is 4.96. The minimum Gasteiger partial charge on any atom is -0.310 e. The molecule has 0 radical (unpaired) electrons. The first-order chi connectivity index (χ1) is 8.74. The lowest BCUT2D eigenvalue weighted by molar-refractivity contribution is 0.403. The van der Waals surface area contributed by atoms with E-state index in [-0.39, 0.29) is 0 Å². The summed E-state index contributed by atoms with van der Waals surface area (Å²) in [7, 11) is 0. The summed E-state index contributed by atoms with van der Waals surface area (Å²) in [5, 5.41) is 4.59. The van der Waals surface area contributed by atoms with E-state index in [9.17, 15) is 0 Å².